The lowest BCUT2D eigenvalue weighted by atomic mass is 9.98. The molecule has 0 atom stereocenters. The first kappa shape index (κ1) is 16.6. The Morgan fingerprint density at radius 2 is 1.91 bits per heavy atom. The van der Waals surface area contributed by atoms with Gasteiger partial charge in [-0.15, -0.1) is 0 Å². The highest BCUT2D eigenvalue weighted by Crippen LogP contribution is 2.39. The molecule has 3 rings (SSSR count). The monoisotopic (exact) mass is 372 g/mol. The second kappa shape index (κ2) is 6.01. The number of rotatable bonds is 4. The summed E-state index contributed by atoms with van der Waals surface area (Å²) in [4.78, 5) is 0.185. The summed E-state index contributed by atoms with van der Waals surface area (Å²) in [7, 11) is -1.89. The summed E-state index contributed by atoms with van der Waals surface area (Å²) in [6.07, 6.45) is 3.24. The third-order valence-corrected chi connectivity index (χ3v) is 6.39. The van der Waals surface area contributed by atoms with Gasteiger partial charge in [-0.2, -0.15) is 9.82 Å². The van der Waals surface area contributed by atoms with Crippen molar-refractivity contribution in [1.82, 2.24) is 19.5 Å². The number of H-pyrrole nitrogens is 1. The van der Waals surface area contributed by atoms with E-state index in [1.165, 1.54) is 12.1 Å². The summed E-state index contributed by atoms with van der Waals surface area (Å²) in [5.41, 5.74) is -0.735. The molecule has 2 N–H and O–H groups in total. The molecule has 1 saturated carbocycles. The van der Waals surface area contributed by atoms with Gasteiger partial charge in [0.1, 0.15) is 0 Å². The van der Waals surface area contributed by atoms with Crippen molar-refractivity contribution in [2.75, 3.05) is 0 Å². The van der Waals surface area contributed by atoms with Gasteiger partial charge in [0, 0.05) is 12.1 Å². The number of aromatic amines is 1. The molecule has 1 fully saturated rings. The third-order valence-electron chi connectivity index (χ3n) is 4.22. The lowest BCUT2D eigenvalue weighted by Crippen LogP contribution is -2.45. The molecule has 0 amide bonds. The molecule has 2 aromatic rings. The highest BCUT2D eigenvalue weighted by molar-refractivity contribution is 7.89. The Bertz CT molecular complexity index is 865. The van der Waals surface area contributed by atoms with Crippen LogP contribution < -0.4 is 4.72 Å². The number of halogens is 1. The lowest BCUT2D eigenvalue weighted by molar-refractivity contribution is 0.369. The minimum absolute atomic E-state index is 0.185. The molecular formula is C14H17ClN4O2S2. The van der Waals surface area contributed by atoms with Crippen LogP contribution >= 0.6 is 23.8 Å². The molecule has 1 aromatic carbocycles. The first-order valence-corrected chi connectivity index (χ1v) is 9.52. The van der Waals surface area contributed by atoms with Gasteiger partial charge in [0.2, 0.25) is 10.0 Å². The van der Waals surface area contributed by atoms with Crippen LogP contribution in [0.25, 0.3) is 0 Å². The standard InChI is InChI=1S/C14H17ClN4O2S2/c1-19-12(16-17-13(19)22)14(8-2-3-9-14)18-23(20,21)11-6-4-10(15)5-7-11/h4-7,18H,2-3,8-9H2,1H3,(H,17,22). The van der Waals surface area contributed by atoms with E-state index in [1.54, 1.807) is 23.7 Å². The predicted octanol–water partition coefficient (Wildman–Crippen LogP) is 2.88. The summed E-state index contributed by atoms with van der Waals surface area (Å²) in [6, 6.07) is 6.12. The predicted molar refractivity (Wildman–Crippen MR) is 90.3 cm³/mol. The van der Waals surface area contributed by atoms with Crippen molar-refractivity contribution in [1.29, 1.82) is 0 Å². The van der Waals surface area contributed by atoms with Gasteiger partial charge in [0.05, 0.1) is 10.4 Å². The fourth-order valence-electron chi connectivity index (χ4n) is 3.05. The van der Waals surface area contributed by atoms with E-state index in [1.807, 2.05) is 0 Å². The van der Waals surface area contributed by atoms with Crippen molar-refractivity contribution in [3.63, 3.8) is 0 Å². The number of benzene rings is 1. The van der Waals surface area contributed by atoms with Gasteiger partial charge < -0.3 is 4.57 Å². The fraction of sp³-hybridized carbons (Fsp3) is 0.429. The molecule has 0 aliphatic heterocycles. The van der Waals surface area contributed by atoms with Gasteiger partial charge in [-0.05, 0) is 49.3 Å². The van der Waals surface area contributed by atoms with E-state index in [0.717, 1.165) is 12.8 Å². The smallest absolute Gasteiger partial charge is 0.241 e. The SMILES string of the molecule is Cn1c(C2(NS(=O)(=O)c3ccc(Cl)cc3)CCCC2)n[nH]c1=S. The summed E-state index contributed by atoms with van der Waals surface area (Å²) in [6.45, 7) is 0. The van der Waals surface area contributed by atoms with Crippen LogP contribution in [0.5, 0.6) is 0 Å². The lowest BCUT2D eigenvalue weighted by Gasteiger charge is -2.28. The first-order valence-electron chi connectivity index (χ1n) is 7.25. The maximum Gasteiger partial charge on any atom is 0.241 e. The highest BCUT2D eigenvalue weighted by atomic mass is 35.5. The van der Waals surface area contributed by atoms with Crippen LogP contribution in [-0.2, 0) is 22.6 Å². The molecule has 1 aliphatic carbocycles. The number of nitrogens with zero attached hydrogens (tertiary/aromatic N) is 2. The maximum absolute atomic E-state index is 12.8. The zero-order valence-corrected chi connectivity index (χ0v) is 14.9. The van der Waals surface area contributed by atoms with Gasteiger partial charge in [0.25, 0.3) is 0 Å². The molecule has 1 aliphatic rings. The number of hydrogen-bond acceptors (Lipinski definition) is 4. The van der Waals surface area contributed by atoms with Crippen LogP contribution in [0.15, 0.2) is 29.2 Å². The van der Waals surface area contributed by atoms with Crippen LogP contribution in [0.1, 0.15) is 31.5 Å². The van der Waals surface area contributed by atoms with Gasteiger partial charge in [-0.25, -0.2) is 8.42 Å². The molecule has 0 spiro atoms. The Kier molecular flexibility index (Phi) is 4.35. The van der Waals surface area contributed by atoms with Crippen LogP contribution in [0, 0.1) is 4.77 Å². The van der Waals surface area contributed by atoms with Crippen molar-refractivity contribution in [3.05, 3.63) is 39.9 Å². The molecular weight excluding hydrogens is 356 g/mol. The average Bonchev–Trinajstić information content (AvgIpc) is 3.08. The van der Waals surface area contributed by atoms with E-state index >= 15 is 0 Å². The molecule has 23 heavy (non-hydrogen) atoms. The maximum atomic E-state index is 12.8. The number of sulfonamides is 1. The van der Waals surface area contributed by atoms with Crippen molar-refractivity contribution < 1.29 is 8.42 Å². The van der Waals surface area contributed by atoms with Crippen LogP contribution in [0.2, 0.25) is 5.02 Å². The molecule has 1 heterocycles. The second-order valence-corrected chi connectivity index (χ2v) is 8.27. The number of hydrogen-bond donors (Lipinski definition) is 2. The molecule has 6 nitrogen and oxygen atoms in total. The Labute approximate surface area is 144 Å². The normalized spacial score (nSPS) is 17.5. The summed E-state index contributed by atoms with van der Waals surface area (Å²) >= 11 is 11.0. The Balaban J connectivity index is 2.01. The minimum atomic E-state index is -3.68. The van der Waals surface area contributed by atoms with Crippen molar-refractivity contribution >= 4 is 33.8 Å². The summed E-state index contributed by atoms with van der Waals surface area (Å²) < 4.78 is 30.6. The largest absolute Gasteiger partial charge is 0.306 e. The zero-order valence-electron chi connectivity index (χ0n) is 12.5. The van der Waals surface area contributed by atoms with E-state index in [-0.39, 0.29) is 4.90 Å². The van der Waals surface area contributed by atoms with Crippen LogP contribution in [-0.4, -0.2) is 23.2 Å². The quantitative estimate of drug-likeness (QED) is 0.809. The fourth-order valence-corrected chi connectivity index (χ4v) is 4.73. The third kappa shape index (κ3) is 3.08. The molecule has 0 bridgehead atoms. The van der Waals surface area contributed by atoms with Gasteiger partial charge >= 0.3 is 0 Å². The molecule has 0 radical (unpaired) electrons. The zero-order chi connectivity index (χ0) is 16.7. The Morgan fingerprint density at radius 1 is 1.30 bits per heavy atom. The Morgan fingerprint density at radius 3 is 2.43 bits per heavy atom. The van der Waals surface area contributed by atoms with Gasteiger partial charge in [-0.1, -0.05) is 24.4 Å². The van der Waals surface area contributed by atoms with Crippen LogP contribution in [0.4, 0.5) is 0 Å². The molecule has 9 heteroatoms. The van der Waals surface area contributed by atoms with E-state index in [0.29, 0.717) is 28.5 Å². The number of aromatic nitrogens is 3. The van der Waals surface area contributed by atoms with Crippen LogP contribution in [0.3, 0.4) is 0 Å². The van der Waals surface area contributed by atoms with Gasteiger partial charge in [0.15, 0.2) is 10.6 Å². The highest BCUT2D eigenvalue weighted by Gasteiger charge is 2.43. The minimum Gasteiger partial charge on any atom is -0.306 e. The van der Waals surface area contributed by atoms with E-state index in [4.69, 9.17) is 23.8 Å². The van der Waals surface area contributed by atoms with Gasteiger partial charge in [-0.3, -0.25) is 5.10 Å². The van der Waals surface area contributed by atoms with E-state index in [9.17, 15) is 8.42 Å². The summed E-state index contributed by atoms with van der Waals surface area (Å²) in [5, 5.41) is 7.49. The molecule has 124 valence electrons. The second-order valence-electron chi connectivity index (χ2n) is 5.76. The van der Waals surface area contributed by atoms with Crippen molar-refractivity contribution in [2.45, 2.75) is 36.1 Å². The van der Waals surface area contributed by atoms with Crippen molar-refractivity contribution in [2.24, 2.45) is 7.05 Å². The van der Waals surface area contributed by atoms with Crippen molar-refractivity contribution in [3.8, 4) is 0 Å². The Hall–Kier alpha value is -1.22. The molecule has 1 aromatic heterocycles. The van der Waals surface area contributed by atoms with E-state index < -0.39 is 15.6 Å². The summed E-state index contributed by atoms with van der Waals surface area (Å²) in [5.74, 6) is 0.623. The molecule has 0 unspecified atom stereocenters. The average molecular weight is 373 g/mol. The number of nitrogens with one attached hydrogen (secondary N) is 2. The first-order chi connectivity index (χ1) is 10.8. The topological polar surface area (TPSA) is 79.8 Å². The molecule has 0 saturated heterocycles. The van der Waals surface area contributed by atoms with E-state index in [2.05, 4.69) is 14.9 Å².